The molecule has 0 aliphatic rings. The summed E-state index contributed by atoms with van der Waals surface area (Å²) in [7, 11) is 3.21. The summed E-state index contributed by atoms with van der Waals surface area (Å²) < 4.78 is 10.1. The van der Waals surface area contributed by atoms with Crippen LogP contribution in [0.2, 0.25) is 0 Å². The highest BCUT2D eigenvalue weighted by Crippen LogP contribution is 2.28. The van der Waals surface area contributed by atoms with Crippen LogP contribution in [-0.4, -0.2) is 19.2 Å². The molecule has 74 valence electrons. The minimum atomic E-state index is 0.674. The van der Waals surface area contributed by atoms with E-state index in [1.165, 1.54) is 0 Å². The molecule has 0 radical (unpaired) electrons. The minimum absolute atomic E-state index is 0.674. The van der Waals surface area contributed by atoms with Crippen LogP contribution in [0.4, 0.5) is 0 Å². The topological polar surface area (TPSA) is 31.4 Å². The zero-order chi connectivity index (χ0) is 10.3. The Bertz CT molecular complexity index is 249. The smallest absolute Gasteiger partial charge is 0.179 e. The predicted octanol–water partition coefficient (Wildman–Crippen LogP) is 2.43. The Morgan fingerprint density at radius 1 is 1.08 bits per heavy atom. The van der Waals surface area contributed by atoms with Gasteiger partial charge in [0.15, 0.2) is 11.5 Å². The maximum Gasteiger partial charge on any atom is 0.179 e. The number of ether oxygens (including phenoxy) is 2. The first-order valence-corrected chi connectivity index (χ1v) is 4.32. The summed E-state index contributed by atoms with van der Waals surface area (Å²) in [6.45, 7) is 5.92. The molecule has 1 aromatic rings. The molecule has 0 saturated heterocycles. The van der Waals surface area contributed by atoms with Crippen molar-refractivity contribution >= 4 is 0 Å². The molecule has 3 nitrogen and oxygen atoms in total. The molecule has 3 heteroatoms. The largest absolute Gasteiger partial charge is 0.492 e. The number of aromatic nitrogens is 1. The third kappa shape index (κ3) is 2.93. The molecular formula is C10H17NO2. The van der Waals surface area contributed by atoms with Crippen LogP contribution in [0.25, 0.3) is 0 Å². The second-order valence-corrected chi connectivity index (χ2v) is 2.19. The molecule has 0 N–H and O–H groups in total. The van der Waals surface area contributed by atoms with Gasteiger partial charge in [-0.2, -0.15) is 0 Å². The molecule has 0 bridgehead atoms. The molecule has 0 unspecified atom stereocenters. The Labute approximate surface area is 79.7 Å². The van der Waals surface area contributed by atoms with Crippen molar-refractivity contribution < 1.29 is 9.47 Å². The third-order valence-electron chi connectivity index (χ3n) is 1.47. The van der Waals surface area contributed by atoms with E-state index in [-0.39, 0.29) is 0 Å². The highest BCUT2D eigenvalue weighted by Gasteiger charge is 2.04. The fraction of sp³-hybridized carbons (Fsp3) is 0.500. The lowest BCUT2D eigenvalue weighted by Gasteiger charge is -2.07. The lowest BCUT2D eigenvalue weighted by molar-refractivity contribution is 0.351. The fourth-order valence-corrected chi connectivity index (χ4v) is 0.935. The summed E-state index contributed by atoms with van der Waals surface area (Å²) in [6, 6.07) is 0. The first-order valence-electron chi connectivity index (χ1n) is 4.32. The van der Waals surface area contributed by atoms with E-state index in [1.54, 1.807) is 26.6 Å². The molecule has 1 aromatic heterocycles. The van der Waals surface area contributed by atoms with Crippen LogP contribution in [-0.2, 0) is 0 Å². The van der Waals surface area contributed by atoms with E-state index >= 15 is 0 Å². The van der Waals surface area contributed by atoms with Crippen molar-refractivity contribution in [1.82, 2.24) is 4.98 Å². The van der Waals surface area contributed by atoms with Gasteiger partial charge in [-0.1, -0.05) is 13.8 Å². The third-order valence-corrected chi connectivity index (χ3v) is 1.47. The maximum atomic E-state index is 5.10. The number of aryl methyl sites for hydroxylation is 1. The van der Waals surface area contributed by atoms with Crippen LogP contribution in [0.3, 0.4) is 0 Å². The minimum Gasteiger partial charge on any atom is -0.492 e. The van der Waals surface area contributed by atoms with Crippen molar-refractivity contribution in [3.63, 3.8) is 0 Å². The molecular weight excluding hydrogens is 166 g/mol. The summed E-state index contributed by atoms with van der Waals surface area (Å²) in [4.78, 5) is 3.96. The Hall–Kier alpha value is -1.25. The fourth-order valence-electron chi connectivity index (χ4n) is 0.935. The summed E-state index contributed by atoms with van der Waals surface area (Å²) in [5.41, 5.74) is 0.979. The van der Waals surface area contributed by atoms with E-state index in [9.17, 15) is 0 Å². The van der Waals surface area contributed by atoms with Crippen LogP contribution in [0.5, 0.6) is 11.5 Å². The van der Waals surface area contributed by atoms with Gasteiger partial charge >= 0.3 is 0 Å². The van der Waals surface area contributed by atoms with Crippen LogP contribution < -0.4 is 9.47 Å². The highest BCUT2D eigenvalue weighted by molar-refractivity contribution is 5.42. The number of pyridine rings is 1. The van der Waals surface area contributed by atoms with E-state index in [1.807, 2.05) is 20.8 Å². The lowest BCUT2D eigenvalue weighted by atomic mass is 10.3. The van der Waals surface area contributed by atoms with E-state index < -0.39 is 0 Å². The van der Waals surface area contributed by atoms with Gasteiger partial charge in [0, 0.05) is 11.8 Å². The van der Waals surface area contributed by atoms with Crippen molar-refractivity contribution in [2.45, 2.75) is 20.8 Å². The molecule has 13 heavy (non-hydrogen) atoms. The van der Waals surface area contributed by atoms with Gasteiger partial charge in [0.1, 0.15) is 0 Å². The van der Waals surface area contributed by atoms with Crippen molar-refractivity contribution in [3.05, 3.63) is 18.0 Å². The number of rotatable bonds is 2. The Morgan fingerprint density at radius 3 is 2.08 bits per heavy atom. The normalized spacial score (nSPS) is 8.38. The lowest BCUT2D eigenvalue weighted by Crippen LogP contribution is -1.93. The van der Waals surface area contributed by atoms with E-state index in [2.05, 4.69) is 4.98 Å². The second kappa shape index (κ2) is 6.29. The first kappa shape index (κ1) is 11.8. The average molecular weight is 183 g/mol. The molecule has 0 fully saturated rings. The van der Waals surface area contributed by atoms with Gasteiger partial charge in [0.05, 0.1) is 20.4 Å². The zero-order valence-electron chi connectivity index (χ0n) is 8.92. The monoisotopic (exact) mass is 183 g/mol. The Kier molecular flexibility index (Phi) is 5.68. The molecule has 0 saturated carbocycles. The number of methoxy groups -OCH3 is 2. The van der Waals surface area contributed by atoms with Gasteiger partial charge < -0.3 is 9.47 Å². The van der Waals surface area contributed by atoms with Gasteiger partial charge in [-0.15, -0.1) is 0 Å². The van der Waals surface area contributed by atoms with Gasteiger partial charge in [-0.25, -0.2) is 0 Å². The molecule has 1 heterocycles. The Balaban J connectivity index is 0.000000671. The Morgan fingerprint density at radius 2 is 1.69 bits per heavy atom. The molecule has 0 spiro atoms. The zero-order valence-corrected chi connectivity index (χ0v) is 8.92. The quantitative estimate of drug-likeness (QED) is 0.705. The van der Waals surface area contributed by atoms with E-state index in [0.29, 0.717) is 5.75 Å². The summed E-state index contributed by atoms with van der Waals surface area (Å²) in [5, 5.41) is 0. The molecule has 0 amide bonds. The predicted molar refractivity (Wildman–Crippen MR) is 53.4 cm³/mol. The van der Waals surface area contributed by atoms with Gasteiger partial charge in [0.2, 0.25) is 0 Å². The van der Waals surface area contributed by atoms with Crippen molar-refractivity contribution in [2.75, 3.05) is 14.2 Å². The van der Waals surface area contributed by atoms with Crippen molar-refractivity contribution in [3.8, 4) is 11.5 Å². The standard InChI is InChI=1S/C8H11NO2.C2H6/c1-6-4-9-5-7(10-2)8(6)11-3;1-2/h4-5H,1-3H3;1-2H3. The van der Waals surface area contributed by atoms with Crippen LogP contribution in [0, 0.1) is 6.92 Å². The number of nitrogens with zero attached hydrogens (tertiary/aromatic N) is 1. The van der Waals surface area contributed by atoms with Crippen LogP contribution in [0.1, 0.15) is 19.4 Å². The van der Waals surface area contributed by atoms with Crippen LogP contribution in [0.15, 0.2) is 12.4 Å². The molecule has 0 aromatic carbocycles. The maximum absolute atomic E-state index is 5.10. The summed E-state index contributed by atoms with van der Waals surface area (Å²) >= 11 is 0. The number of hydrogen-bond donors (Lipinski definition) is 0. The molecule has 0 atom stereocenters. The summed E-state index contributed by atoms with van der Waals surface area (Å²) in [6.07, 6.45) is 3.37. The van der Waals surface area contributed by atoms with E-state index in [4.69, 9.17) is 9.47 Å². The molecule has 1 rings (SSSR count). The number of hydrogen-bond acceptors (Lipinski definition) is 3. The van der Waals surface area contributed by atoms with Gasteiger partial charge in [-0.05, 0) is 6.92 Å². The average Bonchev–Trinajstić information content (AvgIpc) is 2.20. The van der Waals surface area contributed by atoms with Crippen molar-refractivity contribution in [2.24, 2.45) is 0 Å². The van der Waals surface area contributed by atoms with E-state index in [0.717, 1.165) is 11.3 Å². The molecule has 0 aliphatic carbocycles. The summed E-state index contributed by atoms with van der Waals surface area (Å²) in [5.74, 6) is 1.43. The van der Waals surface area contributed by atoms with Crippen LogP contribution >= 0.6 is 0 Å². The van der Waals surface area contributed by atoms with Gasteiger partial charge in [-0.3, -0.25) is 4.98 Å². The second-order valence-electron chi connectivity index (χ2n) is 2.19. The highest BCUT2D eigenvalue weighted by atomic mass is 16.5. The first-order chi connectivity index (χ1) is 6.29. The van der Waals surface area contributed by atoms with Crippen molar-refractivity contribution in [1.29, 1.82) is 0 Å². The van der Waals surface area contributed by atoms with Gasteiger partial charge in [0.25, 0.3) is 0 Å². The molecule has 0 aliphatic heterocycles. The SMILES string of the molecule is CC.COc1cncc(C)c1OC.